The van der Waals surface area contributed by atoms with Gasteiger partial charge in [0, 0.05) is 19.5 Å². The van der Waals surface area contributed by atoms with E-state index in [-0.39, 0.29) is 30.1 Å². The summed E-state index contributed by atoms with van der Waals surface area (Å²) in [5.41, 5.74) is 11.1. The molecule has 4 N–H and O–H groups in total. The summed E-state index contributed by atoms with van der Waals surface area (Å²) in [6.45, 7) is 5.43. The molecule has 1 saturated heterocycles. The van der Waals surface area contributed by atoms with E-state index >= 15 is 0 Å². The van der Waals surface area contributed by atoms with Crippen molar-refractivity contribution in [1.29, 1.82) is 0 Å². The fourth-order valence-electron chi connectivity index (χ4n) is 2.35. The van der Waals surface area contributed by atoms with Crippen LogP contribution in [0.25, 0.3) is 0 Å². The third-order valence-electron chi connectivity index (χ3n) is 3.96. The number of carbonyl (C=O) groups is 2. The van der Waals surface area contributed by atoms with E-state index in [0.29, 0.717) is 25.4 Å². The summed E-state index contributed by atoms with van der Waals surface area (Å²) < 4.78 is 0. The van der Waals surface area contributed by atoms with E-state index in [1.54, 1.807) is 0 Å². The Kier molecular flexibility index (Phi) is 8.02. The van der Waals surface area contributed by atoms with Gasteiger partial charge in [-0.15, -0.1) is 12.4 Å². The van der Waals surface area contributed by atoms with E-state index in [9.17, 15) is 9.59 Å². The normalized spacial score (nSPS) is 19.4. The molecular weight excluding hydrogens is 266 g/mol. The lowest BCUT2D eigenvalue weighted by Gasteiger charge is -2.34. The van der Waals surface area contributed by atoms with Gasteiger partial charge in [-0.1, -0.05) is 20.3 Å². The molecule has 0 bridgehead atoms. The highest BCUT2D eigenvalue weighted by Gasteiger charge is 2.28. The summed E-state index contributed by atoms with van der Waals surface area (Å²) in [5.74, 6) is 0.324. The Hall–Kier alpha value is -0.810. The van der Waals surface area contributed by atoms with Gasteiger partial charge < -0.3 is 16.4 Å². The van der Waals surface area contributed by atoms with Gasteiger partial charge in [0.05, 0.1) is 6.04 Å². The fourth-order valence-corrected chi connectivity index (χ4v) is 2.35. The average molecular weight is 292 g/mol. The van der Waals surface area contributed by atoms with E-state index in [2.05, 4.69) is 0 Å². The number of nitrogens with zero attached hydrogens (tertiary/aromatic N) is 1. The number of halogens is 1. The van der Waals surface area contributed by atoms with Gasteiger partial charge >= 0.3 is 0 Å². The zero-order valence-electron chi connectivity index (χ0n) is 11.8. The largest absolute Gasteiger partial charge is 0.370 e. The molecule has 1 aliphatic rings. The van der Waals surface area contributed by atoms with Gasteiger partial charge in [0.25, 0.3) is 0 Å². The zero-order valence-corrected chi connectivity index (χ0v) is 12.6. The first kappa shape index (κ1) is 18.2. The third kappa shape index (κ3) is 5.37. The highest BCUT2D eigenvalue weighted by atomic mass is 35.5. The molecule has 2 atom stereocenters. The molecule has 0 aromatic heterocycles. The Bertz CT molecular complexity index is 304. The second-order valence-electron chi connectivity index (χ2n) is 5.35. The van der Waals surface area contributed by atoms with Crippen molar-refractivity contribution < 1.29 is 9.59 Å². The molecular formula is C13H26ClN3O2. The Labute approximate surface area is 121 Å². The smallest absolute Gasteiger partial charge is 0.239 e. The Morgan fingerprint density at radius 1 is 1.32 bits per heavy atom. The summed E-state index contributed by atoms with van der Waals surface area (Å²) >= 11 is 0. The van der Waals surface area contributed by atoms with Crippen LogP contribution >= 0.6 is 12.4 Å². The maximum Gasteiger partial charge on any atom is 0.239 e. The first-order chi connectivity index (χ1) is 8.45. The van der Waals surface area contributed by atoms with E-state index in [1.165, 1.54) is 0 Å². The van der Waals surface area contributed by atoms with E-state index in [1.807, 2.05) is 18.7 Å². The van der Waals surface area contributed by atoms with Gasteiger partial charge in [-0.25, -0.2) is 0 Å². The number of likely N-dealkylation sites (tertiary alicyclic amines) is 1. The molecule has 0 spiro atoms. The third-order valence-corrected chi connectivity index (χ3v) is 3.96. The minimum Gasteiger partial charge on any atom is -0.370 e. The van der Waals surface area contributed by atoms with Gasteiger partial charge in [0.2, 0.25) is 11.8 Å². The molecule has 19 heavy (non-hydrogen) atoms. The van der Waals surface area contributed by atoms with E-state index in [0.717, 1.165) is 19.3 Å². The Morgan fingerprint density at radius 2 is 1.84 bits per heavy atom. The first-order valence-electron chi connectivity index (χ1n) is 6.78. The van der Waals surface area contributed by atoms with Crippen molar-refractivity contribution in [2.75, 3.05) is 13.1 Å². The summed E-state index contributed by atoms with van der Waals surface area (Å²) in [6, 6.07) is -0.400. The molecule has 2 amide bonds. The maximum atomic E-state index is 12.1. The number of piperidine rings is 1. The SMILES string of the molecule is CCC(C)C(N)C(=O)N1CCC(CC(N)=O)CC1.Cl. The van der Waals surface area contributed by atoms with Crippen LogP contribution in [0.15, 0.2) is 0 Å². The van der Waals surface area contributed by atoms with Crippen molar-refractivity contribution in [1.82, 2.24) is 4.90 Å². The maximum absolute atomic E-state index is 12.1. The molecule has 5 nitrogen and oxygen atoms in total. The van der Waals surface area contributed by atoms with E-state index < -0.39 is 6.04 Å². The van der Waals surface area contributed by atoms with Gasteiger partial charge in [0.1, 0.15) is 0 Å². The topological polar surface area (TPSA) is 89.4 Å². The van der Waals surface area contributed by atoms with Crippen molar-refractivity contribution in [3.8, 4) is 0 Å². The lowest BCUT2D eigenvalue weighted by Crippen LogP contribution is -2.49. The van der Waals surface area contributed by atoms with Crippen LogP contribution in [0.5, 0.6) is 0 Å². The zero-order chi connectivity index (χ0) is 13.7. The van der Waals surface area contributed by atoms with Crippen LogP contribution in [0.3, 0.4) is 0 Å². The quantitative estimate of drug-likeness (QED) is 0.788. The second-order valence-corrected chi connectivity index (χ2v) is 5.35. The molecule has 0 saturated carbocycles. The van der Waals surface area contributed by atoms with Crippen molar-refractivity contribution in [2.45, 2.75) is 45.6 Å². The highest BCUT2D eigenvalue weighted by molar-refractivity contribution is 5.85. The molecule has 1 heterocycles. The molecule has 0 aromatic carbocycles. The average Bonchev–Trinajstić information content (AvgIpc) is 2.36. The molecule has 1 fully saturated rings. The lowest BCUT2D eigenvalue weighted by molar-refractivity contribution is -0.135. The molecule has 112 valence electrons. The number of rotatable bonds is 5. The van der Waals surface area contributed by atoms with Crippen LogP contribution in [0.1, 0.15) is 39.5 Å². The summed E-state index contributed by atoms with van der Waals surface area (Å²) in [6.07, 6.45) is 3.04. The van der Waals surface area contributed by atoms with Crippen LogP contribution in [0, 0.1) is 11.8 Å². The molecule has 1 rings (SSSR count). The van der Waals surface area contributed by atoms with Gasteiger partial charge in [-0.3, -0.25) is 9.59 Å². The molecule has 0 radical (unpaired) electrons. The predicted octanol–water partition coefficient (Wildman–Crippen LogP) is 0.896. The number of primary amides is 1. The van der Waals surface area contributed by atoms with Gasteiger partial charge in [0.15, 0.2) is 0 Å². The van der Waals surface area contributed by atoms with Crippen molar-refractivity contribution in [3.63, 3.8) is 0 Å². The number of carbonyl (C=O) groups excluding carboxylic acids is 2. The van der Waals surface area contributed by atoms with Gasteiger partial charge in [-0.05, 0) is 24.7 Å². The van der Waals surface area contributed by atoms with Crippen LogP contribution in [-0.4, -0.2) is 35.8 Å². The molecule has 6 heteroatoms. The molecule has 1 aliphatic heterocycles. The minimum absolute atomic E-state index is 0. The minimum atomic E-state index is -0.400. The number of hydrogen-bond donors (Lipinski definition) is 2. The predicted molar refractivity (Wildman–Crippen MR) is 77.8 cm³/mol. The monoisotopic (exact) mass is 291 g/mol. The van der Waals surface area contributed by atoms with Crippen molar-refractivity contribution >= 4 is 24.2 Å². The lowest BCUT2D eigenvalue weighted by atomic mass is 9.92. The van der Waals surface area contributed by atoms with E-state index in [4.69, 9.17) is 11.5 Å². The molecule has 2 unspecified atom stereocenters. The van der Waals surface area contributed by atoms with Crippen molar-refractivity contribution in [2.24, 2.45) is 23.3 Å². The first-order valence-corrected chi connectivity index (χ1v) is 6.78. The van der Waals surface area contributed by atoms with Crippen LogP contribution < -0.4 is 11.5 Å². The fraction of sp³-hybridized carbons (Fsp3) is 0.846. The number of amides is 2. The molecule has 0 aliphatic carbocycles. The van der Waals surface area contributed by atoms with Crippen molar-refractivity contribution in [3.05, 3.63) is 0 Å². The van der Waals surface area contributed by atoms with Crippen LogP contribution in [0.4, 0.5) is 0 Å². The van der Waals surface area contributed by atoms with Crippen LogP contribution in [-0.2, 0) is 9.59 Å². The Morgan fingerprint density at radius 3 is 2.26 bits per heavy atom. The summed E-state index contributed by atoms with van der Waals surface area (Å²) in [4.78, 5) is 24.8. The standard InChI is InChI=1S/C13H25N3O2.ClH/c1-3-9(2)12(15)13(18)16-6-4-10(5-7-16)8-11(14)17;/h9-10,12H,3-8,15H2,1-2H3,(H2,14,17);1H. The number of nitrogens with two attached hydrogens (primary N) is 2. The highest BCUT2D eigenvalue weighted by Crippen LogP contribution is 2.21. The Balaban J connectivity index is 0.00000324. The van der Waals surface area contributed by atoms with Crippen LogP contribution in [0.2, 0.25) is 0 Å². The summed E-state index contributed by atoms with van der Waals surface area (Å²) in [5, 5.41) is 0. The number of hydrogen-bond acceptors (Lipinski definition) is 3. The second kappa shape index (κ2) is 8.38. The van der Waals surface area contributed by atoms with Gasteiger partial charge in [-0.2, -0.15) is 0 Å². The summed E-state index contributed by atoms with van der Waals surface area (Å²) in [7, 11) is 0. The molecule has 0 aromatic rings.